The molecule has 1 saturated heterocycles. The summed E-state index contributed by atoms with van der Waals surface area (Å²) in [5.74, 6) is 1.32. The molecule has 1 aliphatic heterocycles. The summed E-state index contributed by atoms with van der Waals surface area (Å²) in [4.78, 5) is 12.0. The van der Waals surface area contributed by atoms with Crippen molar-refractivity contribution < 1.29 is 4.74 Å². The first kappa shape index (κ1) is 21.1. The summed E-state index contributed by atoms with van der Waals surface area (Å²) in [7, 11) is 0. The van der Waals surface area contributed by atoms with Gasteiger partial charge in [0.25, 0.3) is 0 Å². The van der Waals surface area contributed by atoms with Crippen LogP contribution in [0.1, 0.15) is 36.9 Å². The standard InChI is InChI=1S/C23H27N7OS/c1-15-12-21(32-29-15)27-23-26-20-7-2-16(14-24)13-19(20)22(28-23)25-17-3-5-18(6-4-17)30-8-10-31-11-9-30/h2,7,12-13,17-18H,3-6,8-11H2,1H3,(H2,25,26,27,28). The minimum atomic E-state index is 0.356. The highest BCUT2D eigenvalue weighted by molar-refractivity contribution is 7.10. The molecular formula is C23H27N7OS. The molecule has 0 radical (unpaired) electrons. The maximum absolute atomic E-state index is 9.37. The fraction of sp³-hybridized carbons (Fsp3) is 0.478. The number of fused-ring (bicyclic) bond motifs is 1. The predicted octanol–water partition coefficient (Wildman–Crippen LogP) is 4.07. The molecule has 2 aromatic heterocycles. The van der Waals surface area contributed by atoms with Crippen LogP contribution in [0.5, 0.6) is 0 Å². The first-order chi connectivity index (χ1) is 15.7. The van der Waals surface area contributed by atoms with E-state index in [0.29, 0.717) is 23.6 Å². The summed E-state index contributed by atoms with van der Waals surface area (Å²) in [6.45, 7) is 5.75. The second-order valence-electron chi connectivity index (χ2n) is 8.50. The monoisotopic (exact) mass is 449 g/mol. The Kier molecular flexibility index (Phi) is 6.17. The van der Waals surface area contributed by atoms with E-state index in [2.05, 4.69) is 31.0 Å². The van der Waals surface area contributed by atoms with E-state index in [1.807, 2.05) is 25.1 Å². The third-order valence-electron chi connectivity index (χ3n) is 6.29. The van der Waals surface area contributed by atoms with E-state index >= 15 is 0 Å². The molecule has 0 amide bonds. The molecule has 32 heavy (non-hydrogen) atoms. The van der Waals surface area contributed by atoms with Crippen molar-refractivity contribution in [2.45, 2.75) is 44.7 Å². The topological polar surface area (TPSA) is 99.0 Å². The van der Waals surface area contributed by atoms with Gasteiger partial charge in [-0.05, 0) is 68.4 Å². The molecule has 5 rings (SSSR count). The molecule has 2 N–H and O–H groups in total. The van der Waals surface area contributed by atoms with Crippen molar-refractivity contribution in [1.82, 2.24) is 19.2 Å². The predicted molar refractivity (Wildman–Crippen MR) is 126 cm³/mol. The Bertz CT molecular complexity index is 1130. The number of nitrogens with zero attached hydrogens (tertiary/aromatic N) is 5. The van der Waals surface area contributed by atoms with Crippen LogP contribution in [0.3, 0.4) is 0 Å². The van der Waals surface area contributed by atoms with Gasteiger partial charge in [-0.25, -0.2) is 4.98 Å². The minimum absolute atomic E-state index is 0.356. The van der Waals surface area contributed by atoms with Crippen molar-refractivity contribution in [1.29, 1.82) is 5.26 Å². The molecule has 3 heterocycles. The highest BCUT2D eigenvalue weighted by Crippen LogP contribution is 2.30. The van der Waals surface area contributed by atoms with E-state index in [4.69, 9.17) is 9.72 Å². The number of anilines is 3. The molecule has 2 aliphatic rings. The number of hydrogen-bond acceptors (Lipinski definition) is 9. The van der Waals surface area contributed by atoms with Gasteiger partial charge in [-0.2, -0.15) is 14.6 Å². The third kappa shape index (κ3) is 4.67. The molecule has 0 bridgehead atoms. The lowest BCUT2D eigenvalue weighted by Crippen LogP contribution is -2.46. The summed E-state index contributed by atoms with van der Waals surface area (Å²) in [6, 6.07) is 10.8. The van der Waals surface area contributed by atoms with Gasteiger partial charge in [0, 0.05) is 30.6 Å². The Morgan fingerprint density at radius 1 is 1.12 bits per heavy atom. The van der Waals surface area contributed by atoms with Gasteiger partial charge in [0.2, 0.25) is 5.95 Å². The SMILES string of the molecule is Cc1cc(Nc2nc(NC3CCC(N4CCOCC4)CC3)c3cc(C#N)ccc3n2)sn1. The van der Waals surface area contributed by atoms with Crippen LogP contribution >= 0.6 is 11.5 Å². The fourth-order valence-corrected chi connectivity index (χ4v) is 5.27. The fourth-order valence-electron chi connectivity index (χ4n) is 4.62. The summed E-state index contributed by atoms with van der Waals surface area (Å²) < 4.78 is 9.82. The van der Waals surface area contributed by atoms with E-state index in [9.17, 15) is 5.26 Å². The summed E-state index contributed by atoms with van der Waals surface area (Å²) >= 11 is 1.39. The molecule has 8 nitrogen and oxygen atoms in total. The average molecular weight is 450 g/mol. The molecular weight excluding hydrogens is 422 g/mol. The van der Waals surface area contributed by atoms with E-state index in [1.165, 1.54) is 24.4 Å². The number of nitrogens with one attached hydrogen (secondary N) is 2. The van der Waals surface area contributed by atoms with Crippen molar-refractivity contribution in [2.75, 3.05) is 36.9 Å². The number of ether oxygens (including phenoxy) is 1. The van der Waals surface area contributed by atoms with Gasteiger partial charge in [-0.15, -0.1) is 0 Å². The van der Waals surface area contributed by atoms with Crippen LogP contribution in [-0.4, -0.2) is 57.6 Å². The maximum Gasteiger partial charge on any atom is 0.230 e. The van der Waals surface area contributed by atoms with Gasteiger partial charge in [-0.1, -0.05) is 0 Å². The minimum Gasteiger partial charge on any atom is -0.379 e. The van der Waals surface area contributed by atoms with Gasteiger partial charge in [0.15, 0.2) is 0 Å². The molecule has 0 atom stereocenters. The second-order valence-corrected chi connectivity index (χ2v) is 9.30. The molecule has 166 valence electrons. The lowest BCUT2D eigenvalue weighted by molar-refractivity contribution is 0.00791. The number of aryl methyl sites for hydroxylation is 1. The number of morpholine rings is 1. The van der Waals surface area contributed by atoms with Crippen LogP contribution < -0.4 is 10.6 Å². The van der Waals surface area contributed by atoms with Crippen LogP contribution in [0.4, 0.5) is 16.8 Å². The lowest BCUT2D eigenvalue weighted by Gasteiger charge is -2.39. The largest absolute Gasteiger partial charge is 0.379 e. The normalized spacial score (nSPS) is 21.9. The number of benzene rings is 1. The number of aromatic nitrogens is 3. The van der Waals surface area contributed by atoms with Gasteiger partial charge in [0.1, 0.15) is 10.8 Å². The number of nitriles is 1. The Morgan fingerprint density at radius 3 is 2.66 bits per heavy atom. The molecule has 3 aromatic rings. The Hall–Kier alpha value is -2.80. The Balaban J connectivity index is 1.36. The zero-order valence-corrected chi connectivity index (χ0v) is 19.0. The molecule has 2 fully saturated rings. The van der Waals surface area contributed by atoms with E-state index in [-0.39, 0.29) is 0 Å². The van der Waals surface area contributed by atoms with E-state index < -0.39 is 0 Å². The molecule has 1 aromatic carbocycles. The van der Waals surface area contributed by atoms with Crippen LogP contribution in [-0.2, 0) is 4.74 Å². The zero-order valence-electron chi connectivity index (χ0n) is 18.2. The van der Waals surface area contributed by atoms with Crippen molar-refractivity contribution in [3.8, 4) is 6.07 Å². The quantitative estimate of drug-likeness (QED) is 0.602. The Morgan fingerprint density at radius 2 is 1.94 bits per heavy atom. The Labute approximate surface area is 191 Å². The average Bonchev–Trinajstić information content (AvgIpc) is 3.24. The lowest BCUT2D eigenvalue weighted by atomic mass is 9.90. The maximum atomic E-state index is 9.37. The highest BCUT2D eigenvalue weighted by Gasteiger charge is 2.27. The summed E-state index contributed by atoms with van der Waals surface area (Å²) in [6.07, 6.45) is 4.55. The van der Waals surface area contributed by atoms with Crippen LogP contribution in [0.15, 0.2) is 24.3 Å². The highest BCUT2D eigenvalue weighted by atomic mass is 32.1. The summed E-state index contributed by atoms with van der Waals surface area (Å²) in [5.41, 5.74) is 2.39. The van der Waals surface area contributed by atoms with Gasteiger partial charge in [-0.3, -0.25) is 4.90 Å². The molecule has 0 spiro atoms. The zero-order chi connectivity index (χ0) is 21.9. The van der Waals surface area contributed by atoms with Gasteiger partial charge in [0.05, 0.1) is 36.1 Å². The van der Waals surface area contributed by atoms with Crippen LogP contribution in [0, 0.1) is 18.3 Å². The first-order valence-electron chi connectivity index (χ1n) is 11.2. The second kappa shape index (κ2) is 9.36. The first-order valence-corrected chi connectivity index (χ1v) is 12.0. The van der Waals surface area contributed by atoms with Crippen molar-refractivity contribution in [2.24, 2.45) is 0 Å². The van der Waals surface area contributed by atoms with Gasteiger partial charge >= 0.3 is 0 Å². The van der Waals surface area contributed by atoms with Crippen LogP contribution in [0.2, 0.25) is 0 Å². The van der Waals surface area contributed by atoms with Crippen molar-refractivity contribution >= 4 is 39.2 Å². The molecule has 1 aliphatic carbocycles. The number of hydrogen-bond donors (Lipinski definition) is 2. The van der Waals surface area contributed by atoms with E-state index in [0.717, 1.165) is 66.6 Å². The van der Waals surface area contributed by atoms with E-state index in [1.54, 1.807) is 6.07 Å². The molecule has 1 saturated carbocycles. The van der Waals surface area contributed by atoms with Gasteiger partial charge < -0.3 is 15.4 Å². The molecule has 9 heteroatoms. The van der Waals surface area contributed by atoms with Crippen LogP contribution in [0.25, 0.3) is 10.9 Å². The summed E-state index contributed by atoms with van der Waals surface area (Å²) in [5, 5.41) is 18.1. The smallest absolute Gasteiger partial charge is 0.230 e. The van der Waals surface area contributed by atoms with Crippen molar-refractivity contribution in [3.05, 3.63) is 35.5 Å². The number of rotatable bonds is 5. The third-order valence-corrected chi connectivity index (χ3v) is 7.08. The molecule has 0 unspecified atom stereocenters. The van der Waals surface area contributed by atoms with Crippen molar-refractivity contribution in [3.63, 3.8) is 0 Å².